The van der Waals surface area contributed by atoms with Crippen LogP contribution in [0.2, 0.25) is 0 Å². The molecule has 19 heavy (non-hydrogen) atoms. The van der Waals surface area contributed by atoms with Crippen molar-refractivity contribution in [2.75, 3.05) is 20.2 Å². The lowest BCUT2D eigenvalue weighted by Gasteiger charge is -2.20. The van der Waals surface area contributed by atoms with Crippen LogP contribution in [0.1, 0.15) is 25.3 Å². The van der Waals surface area contributed by atoms with Crippen molar-refractivity contribution in [2.45, 2.75) is 31.7 Å². The van der Waals surface area contributed by atoms with Gasteiger partial charge in [-0.15, -0.1) is 0 Å². The SMILES string of the molecule is CCOc1ccc(CCN(C)C(=O)C2(N)CC2)cc1. The summed E-state index contributed by atoms with van der Waals surface area (Å²) >= 11 is 0. The predicted octanol–water partition coefficient (Wildman–Crippen LogP) is 1.58. The Labute approximate surface area is 114 Å². The van der Waals surface area contributed by atoms with Crippen LogP contribution in [0.4, 0.5) is 0 Å². The predicted molar refractivity (Wildman–Crippen MR) is 75.1 cm³/mol. The molecule has 0 spiro atoms. The Balaban J connectivity index is 1.83. The first kappa shape index (κ1) is 13.9. The quantitative estimate of drug-likeness (QED) is 0.846. The molecule has 104 valence electrons. The van der Waals surface area contributed by atoms with Gasteiger partial charge in [-0.1, -0.05) is 12.1 Å². The fourth-order valence-corrected chi connectivity index (χ4v) is 2.05. The lowest BCUT2D eigenvalue weighted by Crippen LogP contribution is -2.44. The van der Waals surface area contributed by atoms with Crippen LogP contribution in [-0.2, 0) is 11.2 Å². The van der Waals surface area contributed by atoms with E-state index in [1.54, 1.807) is 4.90 Å². The third kappa shape index (κ3) is 3.47. The molecule has 0 aliphatic heterocycles. The minimum atomic E-state index is -0.562. The van der Waals surface area contributed by atoms with Crippen LogP contribution in [0.5, 0.6) is 5.75 Å². The summed E-state index contributed by atoms with van der Waals surface area (Å²) in [6, 6.07) is 8.01. The van der Waals surface area contributed by atoms with Crippen molar-refractivity contribution >= 4 is 5.91 Å². The summed E-state index contributed by atoms with van der Waals surface area (Å²) in [6.07, 6.45) is 2.48. The van der Waals surface area contributed by atoms with Gasteiger partial charge < -0.3 is 15.4 Å². The van der Waals surface area contributed by atoms with Gasteiger partial charge in [-0.3, -0.25) is 4.79 Å². The highest BCUT2D eigenvalue weighted by molar-refractivity contribution is 5.88. The second kappa shape index (κ2) is 5.61. The molecule has 1 fully saturated rings. The molecule has 0 saturated heterocycles. The van der Waals surface area contributed by atoms with E-state index >= 15 is 0 Å². The molecule has 1 aromatic rings. The van der Waals surface area contributed by atoms with Gasteiger partial charge in [0.25, 0.3) is 0 Å². The van der Waals surface area contributed by atoms with Gasteiger partial charge in [0.05, 0.1) is 12.1 Å². The zero-order chi connectivity index (χ0) is 13.9. The Morgan fingerprint density at radius 3 is 2.53 bits per heavy atom. The van der Waals surface area contributed by atoms with Crippen molar-refractivity contribution in [1.82, 2.24) is 4.90 Å². The first-order valence-electron chi connectivity index (χ1n) is 6.81. The molecule has 0 atom stereocenters. The van der Waals surface area contributed by atoms with Crippen LogP contribution >= 0.6 is 0 Å². The van der Waals surface area contributed by atoms with E-state index in [2.05, 4.69) is 0 Å². The number of ether oxygens (including phenoxy) is 1. The Morgan fingerprint density at radius 2 is 2.00 bits per heavy atom. The molecule has 1 saturated carbocycles. The summed E-state index contributed by atoms with van der Waals surface area (Å²) in [4.78, 5) is 13.7. The minimum Gasteiger partial charge on any atom is -0.494 e. The van der Waals surface area contributed by atoms with Gasteiger partial charge >= 0.3 is 0 Å². The van der Waals surface area contributed by atoms with Crippen LogP contribution in [0, 0.1) is 0 Å². The Morgan fingerprint density at radius 1 is 1.37 bits per heavy atom. The number of likely N-dealkylation sites (N-methyl/N-ethyl adjacent to an activating group) is 1. The highest BCUT2D eigenvalue weighted by Crippen LogP contribution is 2.33. The van der Waals surface area contributed by atoms with E-state index < -0.39 is 5.54 Å². The molecule has 0 unspecified atom stereocenters. The van der Waals surface area contributed by atoms with E-state index in [1.807, 2.05) is 38.2 Å². The van der Waals surface area contributed by atoms with E-state index in [4.69, 9.17) is 10.5 Å². The van der Waals surface area contributed by atoms with Gasteiger partial charge in [0.1, 0.15) is 5.75 Å². The molecule has 1 aliphatic carbocycles. The first-order chi connectivity index (χ1) is 9.05. The monoisotopic (exact) mass is 262 g/mol. The van der Waals surface area contributed by atoms with E-state index in [0.29, 0.717) is 13.2 Å². The molecule has 2 N–H and O–H groups in total. The van der Waals surface area contributed by atoms with Gasteiger partial charge in [0, 0.05) is 13.6 Å². The third-order valence-corrected chi connectivity index (χ3v) is 3.53. The maximum atomic E-state index is 12.0. The average Bonchev–Trinajstić information content (AvgIpc) is 3.16. The molecular formula is C15H22N2O2. The van der Waals surface area contributed by atoms with Gasteiger partial charge in [0.2, 0.25) is 5.91 Å². The fraction of sp³-hybridized carbons (Fsp3) is 0.533. The van der Waals surface area contributed by atoms with Crippen LogP contribution in [0.25, 0.3) is 0 Å². The molecule has 2 rings (SSSR count). The van der Waals surface area contributed by atoms with E-state index in [-0.39, 0.29) is 5.91 Å². The molecule has 1 aromatic carbocycles. The zero-order valence-corrected chi connectivity index (χ0v) is 11.7. The Bertz CT molecular complexity index is 438. The van der Waals surface area contributed by atoms with Crippen molar-refractivity contribution in [2.24, 2.45) is 5.73 Å². The molecule has 4 nitrogen and oxygen atoms in total. The Kier molecular flexibility index (Phi) is 4.10. The standard InChI is InChI=1S/C15H22N2O2/c1-3-19-13-6-4-12(5-7-13)8-11-17(2)14(18)15(16)9-10-15/h4-7H,3,8-11,16H2,1-2H3. The van der Waals surface area contributed by atoms with Gasteiger partial charge in [-0.2, -0.15) is 0 Å². The average molecular weight is 262 g/mol. The largest absolute Gasteiger partial charge is 0.494 e. The van der Waals surface area contributed by atoms with Gasteiger partial charge in [-0.05, 0) is 43.9 Å². The van der Waals surface area contributed by atoms with Crippen molar-refractivity contribution in [3.8, 4) is 5.75 Å². The molecule has 1 amide bonds. The van der Waals surface area contributed by atoms with Crippen molar-refractivity contribution < 1.29 is 9.53 Å². The summed E-state index contributed by atoms with van der Waals surface area (Å²) in [5, 5.41) is 0. The maximum absolute atomic E-state index is 12.0. The molecule has 0 aromatic heterocycles. The second-order valence-corrected chi connectivity index (χ2v) is 5.21. The second-order valence-electron chi connectivity index (χ2n) is 5.21. The van der Waals surface area contributed by atoms with Crippen LogP contribution in [-0.4, -0.2) is 36.5 Å². The number of nitrogens with zero attached hydrogens (tertiary/aromatic N) is 1. The van der Waals surface area contributed by atoms with Crippen LogP contribution in [0.15, 0.2) is 24.3 Å². The van der Waals surface area contributed by atoms with Gasteiger partial charge in [-0.25, -0.2) is 0 Å². The van der Waals surface area contributed by atoms with E-state index in [1.165, 1.54) is 5.56 Å². The number of hydrogen-bond acceptors (Lipinski definition) is 3. The summed E-state index contributed by atoms with van der Waals surface area (Å²) in [7, 11) is 1.82. The van der Waals surface area contributed by atoms with Crippen LogP contribution in [0.3, 0.4) is 0 Å². The lowest BCUT2D eigenvalue weighted by molar-refractivity contribution is -0.132. The molecule has 0 radical (unpaired) electrons. The number of benzene rings is 1. The van der Waals surface area contributed by atoms with Crippen LogP contribution < -0.4 is 10.5 Å². The summed E-state index contributed by atoms with van der Waals surface area (Å²) in [5.41, 5.74) is 6.54. The number of nitrogens with two attached hydrogens (primary N) is 1. The van der Waals surface area contributed by atoms with E-state index in [0.717, 1.165) is 25.0 Å². The first-order valence-corrected chi connectivity index (χ1v) is 6.81. The normalized spacial score (nSPS) is 15.9. The van der Waals surface area contributed by atoms with E-state index in [9.17, 15) is 4.79 Å². The molecule has 1 aliphatic rings. The molecular weight excluding hydrogens is 240 g/mol. The maximum Gasteiger partial charge on any atom is 0.242 e. The van der Waals surface area contributed by atoms with Crippen molar-refractivity contribution in [3.05, 3.63) is 29.8 Å². The zero-order valence-electron chi connectivity index (χ0n) is 11.7. The fourth-order valence-electron chi connectivity index (χ4n) is 2.05. The molecule has 0 heterocycles. The highest BCUT2D eigenvalue weighted by atomic mass is 16.5. The smallest absolute Gasteiger partial charge is 0.242 e. The third-order valence-electron chi connectivity index (χ3n) is 3.53. The summed E-state index contributed by atoms with van der Waals surface area (Å²) < 4.78 is 5.40. The summed E-state index contributed by atoms with van der Waals surface area (Å²) in [6.45, 7) is 3.34. The Hall–Kier alpha value is -1.55. The molecule has 0 bridgehead atoms. The molecule has 4 heteroatoms. The topological polar surface area (TPSA) is 55.6 Å². The van der Waals surface area contributed by atoms with Gasteiger partial charge in [0.15, 0.2) is 0 Å². The number of rotatable bonds is 6. The number of hydrogen-bond donors (Lipinski definition) is 1. The number of amides is 1. The van der Waals surface area contributed by atoms with Crippen molar-refractivity contribution in [3.63, 3.8) is 0 Å². The number of carbonyl (C=O) groups is 1. The summed E-state index contributed by atoms with van der Waals surface area (Å²) in [5.74, 6) is 0.952. The lowest BCUT2D eigenvalue weighted by atomic mass is 10.1. The highest BCUT2D eigenvalue weighted by Gasteiger charge is 2.47. The minimum absolute atomic E-state index is 0.0680. The number of carbonyl (C=O) groups excluding carboxylic acids is 1. The van der Waals surface area contributed by atoms with Crippen molar-refractivity contribution in [1.29, 1.82) is 0 Å².